The van der Waals surface area contributed by atoms with Crippen molar-refractivity contribution in [3.63, 3.8) is 0 Å². The Bertz CT molecular complexity index is 556. The first-order valence-corrected chi connectivity index (χ1v) is 12.6. The van der Waals surface area contributed by atoms with E-state index in [2.05, 4.69) is 40.7 Å². The molecule has 0 N–H and O–H groups in total. The Hall–Kier alpha value is -0.260. The van der Waals surface area contributed by atoms with Crippen molar-refractivity contribution in [2.45, 2.75) is 112 Å². The van der Waals surface area contributed by atoms with E-state index in [1.807, 2.05) is 5.57 Å². The lowest BCUT2D eigenvalue weighted by Gasteiger charge is -2.58. The molecule has 0 saturated heterocycles. The zero-order valence-electron chi connectivity index (χ0n) is 19.0. The first-order chi connectivity index (χ1) is 12.9. The first-order valence-electron chi connectivity index (χ1n) is 12.6. The fraction of sp³-hybridized carbons (Fsp3) is 0.926. The zero-order valence-corrected chi connectivity index (χ0v) is 19.0. The SMILES string of the molecule is CC(C)CCCC(C)C1CCC2C3CCC4=CCCCC4(C)C3CCC12C. The molecule has 0 heterocycles. The van der Waals surface area contributed by atoms with Crippen molar-refractivity contribution in [1.82, 2.24) is 0 Å². The van der Waals surface area contributed by atoms with Crippen molar-refractivity contribution in [1.29, 1.82) is 0 Å². The van der Waals surface area contributed by atoms with Gasteiger partial charge in [0.1, 0.15) is 0 Å². The summed E-state index contributed by atoms with van der Waals surface area (Å²) in [7, 11) is 0. The highest BCUT2D eigenvalue weighted by Crippen LogP contribution is 2.67. The summed E-state index contributed by atoms with van der Waals surface area (Å²) < 4.78 is 0. The molecule has 7 unspecified atom stereocenters. The average Bonchev–Trinajstić information content (AvgIpc) is 2.98. The third-order valence-electron chi connectivity index (χ3n) is 10.2. The van der Waals surface area contributed by atoms with Gasteiger partial charge in [-0.15, -0.1) is 0 Å². The molecule has 0 aromatic rings. The summed E-state index contributed by atoms with van der Waals surface area (Å²) in [5.74, 6) is 5.91. The van der Waals surface area contributed by atoms with Crippen molar-refractivity contribution in [2.24, 2.45) is 46.3 Å². The average molecular weight is 371 g/mol. The molecule has 0 aliphatic heterocycles. The highest BCUT2D eigenvalue weighted by atomic mass is 14.6. The first kappa shape index (κ1) is 20.0. The molecule has 0 spiro atoms. The maximum Gasteiger partial charge on any atom is -0.00853 e. The second-order valence-corrected chi connectivity index (χ2v) is 12.0. The molecule has 4 aliphatic carbocycles. The van der Waals surface area contributed by atoms with Crippen molar-refractivity contribution in [3.8, 4) is 0 Å². The van der Waals surface area contributed by atoms with Crippen molar-refractivity contribution in [3.05, 3.63) is 11.6 Å². The van der Waals surface area contributed by atoms with Gasteiger partial charge in [-0.1, -0.05) is 65.5 Å². The zero-order chi connectivity index (χ0) is 19.2. The minimum Gasteiger partial charge on any atom is -0.0848 e. The largest absolute Gasteiger partial charge is 0.0848 e. The van der Waals surface area contributed by atoms with Gasteiger partial charge in [-0.2, -0.15) is 0 Å². The Balaban J connectivity index is 1.48. The quantitative estimate of drug-likeness (QED) is 0.426. The molecule has 0 aromatic heterocycles. The summed E-state index contributed by atoms with van der Waals surface area (Å²) in [6.45, 7) is 12.8. The summed E-state index contributed by atoms with van der Waals surface area (Å²) >= 11 is 0. The molecule has 0 aromatic carbocycles. The molecule has 4 aliphatic rings. The van der Waals surface area contributed by atoms with Crippen LogP contribution in [0.2, 0.25) is 0 Å². The molecule has 7 atom stereocenters. The molecule has 0 nitrogen and oxygen atoms in total. The van der Waals surface area contributed by atoms with Crippen LogP contribution in [-0.2, 0) is 0 Å². The molecule has 3 fully saturated rings. The Morgan fingerprint density at radius 1 is 0.963 bits per heavy atom. The lowest BCUT2D eigenvalue weighted by Crippen LogP contribution is -2.50. The summed E-state index contributed by atoms with van der Waals surface area (Å²) in [4.78, 5) is 0. The molecule has 0 amide bonds. The van der Waals surface area contributed by atoms with Gasteiger partial charge >= 0.3 is 0 Å². The van der Waals surface area contributed by atoms with E-state index in [-0.39, 0.29) is 0 Å². The standard InChI is InChI=1S/C27H46/c1-19(2)9-8-10-20(3)23-14-15-24-22-13-12-21-11-6-7-17-26(21,4)25(22)16-18-27(23,24)5/h11,19-20,22-25H,6-10,12-18H2,1-5H3. The van der Waals surface area contributed by atoms with Gasteiger partial charge < -0.3 is 0 Å². The molecule has 0 heteroatoms. The van der Waals surface area contributed by atoms with E-state index in [9.17, 15) is 0 Å². The minimum absolute atomic E-state index is 0.573. The van der Waals surface area contributed by atoms with Crippen LogP contribution in [0.25, 0.3) is 0 Å². The molecule has 0 radical (unpaired) electrons. The third kappa shape index (κ3) is 3.36. The Kier molecular flexibility index (Phi) is 5.59. The van der Waals surface area contributed by atoms with Crippen molar-refractivity contribution >= 4 is 0 Å². The van der Waals surface area contributed by atoms with E-state index in [4.69, 9.17) is 0 Å². The number of rotatable bonds is 5. The van der Waals surface area contributed by atoms with Gasteiger partial charge in [0.05, 0.1) is 0 Å². The number of hydrogen-bond acceptors (Lipinski definition) is 0. The molecule has 0 bridgehead atoms. The van der Waals surface area contributed by atoms with Crippen LogP contribution in [0.15, 0.2) is 11.6 Å². The normalized spacial score (nSPS) is 45.0. The Morgan fingerprint density at radius 2 is 1.78 bits per heavy atom. The Labute approximate surface area is 170 Å². The minimum atomic E-state index is 0.573. The number of allylic oxidation sites excluding steroid dienone is 2. The van der Waals surface area contributed by atoms with Crippen LogP contribution < -0.4 is 0 Å². The van der Waals surface area contributed by atoms with E-state index >= 15 is 0 Å². The molecule has 4 rings (SSSR count). The van der Waals surface area contributed by atoms with Gasteiger partial charge in [0.25, 0.3) is 0 Å². The summed E-state index contributed by atoms with van der Waals surface area (Å²) in [6, 6.07) is 0. The lowest BCUT2D eigenvalue weighted by atomic mass is 9.46. The van der Waals surface area contributed by atoms with Crippen LogP contribution >= 0.6 is 0 Å². The van der Waals surface area contributed by atoms with Crippen LogP contribution in [0.4, 0.5) is 0 Å². The lowest BCUT2D eigenvalue weighted by molar-refractivity contribution is -0.0592. The smallest absolute Gasteiger partial charge is 0.00853 e. The van der Waals surface area contributed by atoms with Crippen LogP contribution in [0.1, 0.15) is 112 Å². The van der Waals surface area contributed by atoms with Gasteiger partial charge in [-0.25, -0.2) is 0 Å². The predicted octanol–water partition coefficient (Wildman–Crippen LogP) is 8.42. The van der Waals surface area contributed by atoms with Crippen LogP contribution in [0.3, 0.4) is 0 Å². The summed E-state index contributed by atoms with van der Waals surface area (Å²) in [5, 5.41) is 0. The molecule has 3 saturated carbocycles. The topological polar surface area (TPSA) is 0 Å². The van der Waals surface area contributed by atoms with Gasteiger partial charge in [0, 0.05) is 0 Å². The predicted molar refractivity (Wildman–Crippen MR) is 118 cm³/mol. The van der Waals surface area contributed by atoms with Gasteiger partial charge in [0.15, 0.2) is 0 Å². The van der Waals surface area contributed by atoms with Crippen LogP contribution in [0, 0.1) is 46.3 Å². The molecule has 27 heavy (non-hydrogen) atoms. The second kappa shape index (κ2) is 7.53. The summed E-state index contributed by atoms with van der Waals surface area (Å²) in [5.41, 5.74) is 3.10. The second-order valence-electron chi connectivity index (χ2n) is 12.0. The van der Waals surface area contributed by atoms with Crippen LogP contribution in [-0.4, -0.2) is 0 Å². The van der Waals surface area contributed by atoms with Crippen LogP contribution in [0.5, 0.6) is 0 Å². The maximum absolute atomic E-state index is 2.74. The third-order valence-corrected chi connectivity index (χ3v) is 10.2. The monoisotopic (exact) mass is 370 g/mol. The molecule has 154 valence electrons. The van der Waals surface area contributed by atoms with Crippen molar-refractivity contribution < 1.29 is 0 Å². The highest BCUT2D eigenvalue weighted by molar-refractivity contribution is 5.23. The van der Waals surface area contributed by atoms with E-state index < -0.39 is 0 Å². The van der Waals surface area contributed by atoms with Gasteiger partial charge in [-0.3, -0.25) is 0 Å². The Morgan fingerprint density at radius 3 is 2.56 bits per heavy atom. The highest BCUT2D eigenvalue weighted by Gasteiger charge is 2.59. The molecular formula is C27H46. The fourth-order valence-corrected chi connectivity index (χ4v) is 8.78. The number of fused-ring (bicyclic) bond motifs is 5. The van der Waals surface area contributed by atoms with E-state index in [0.717, 1.165) is 35.5 Å². The van der Waals surface area contributed by atoms with Gasteiger partial charge in [0.2, 0.25) is 0 Å². The van der Waals surface area contributed by atoms with E-state index in [1.54, 1.807) is 6.42 Å². The van der Waals surface area contributed by atoms with E-state index in [1.165, 1.54) is 70.6 Å². The van der Waals surface area contributed by atoms with E-state index in [0.29, 0.717) is 10.8 Å². The van der Waals surface area contributed by atoms with Gasteiger partial charge in [-0.05, 0) is 104 Å². The van der Waals surface area contributed by atoms with Crippen molar-refractivity contribution in [2.75, 3.05) is 0 Å². The fourth-order valence-electron chi connectivity index (χ4n) is 8.78. The summed E-state index contributed by atoms with van der Waals surface area (Å²) in [6.07, 6.45) is 20.4. The maximum atomic E-state index is 2.74. The number of hydrogen-bond donors (Lipinski definition) is 0. The molecular weight excluding hydrogens is 324 g/mol.